The first-order valence-corrected chi connectivity index (χ1v) is 10.1. The van der Waals surface area contributed by atoms with E-state index in [-0.39, 0.29) is 5.91 Å². The largest absolute Gasteiger partial charge is 0.383 e. The molecule has 0 aliphatic carbocycles. The number of aryl methyl sites for hydroxylation is 1. The van der Waals surface area contributed by atoms with Crippen LogP contribution in [-0.4, -0.2) is 55.7 Å². The van der Waals surface area contributed by atoms with Crippen LogP contribution in [0.25, 0.3) is 0 Å². The molecule has 1 fully saturated rings. The van der Waals surface area contributed by atoms with Gasteiger partial charge >= 0.3 is 0 Å². The molecule has 2 heterocycles. The predicted octanol–water partition coefficient (Wildman–Crippen LogP) is 3.60. The second-order valence-corrected chi connectivity index (χ2v) is 8.06. The normalized spacial score (nSPS) is 17.0. The third-order valence-corrected chi connectivity index (χ3v) is 5.91. The maximum Gasteiger partial charge on any atom is 0.253 e. The number of ether oxygens (including phenoxy) is 1. The molecule has 28 heavy (non-hydrogen) atoms. The number of carbonyl (C=O) groups is 1. The minimum atomic E-state index is 0.0877. The number of amides is 1. The molecular weight excluding hydrogens is 374 g/mol. The fourth-order valence-corrected chi connectivity index (χ4v) is 4.21. The fraction of sp³-hybridized carbons (Fsp3) is 0.409. The van der Waals surface area contributed by atoms with Crippen molar-refractivity contribution in [2.45, 2.75) is 13.5 Å². The third-order valence-electron chi connectivity index (χ3n) is 5.66. The number of hydrogen-bond donors (Lipinski definition) is 0. The smallest absolute Gasteiger partial charge is 0.253 e. The van der Waals surface area contributed by atoms with Crippen LogP contribution in [0.4, 0.5) is 5.69 Å². The SMILES string of the molecule is COCCN1c2cccc(C)c2CN1CC1CN(C(=O)c2ccc(Cl)cc2)C1. The summed E-state index contributed by atoms with van der Waals surface area (Å²) in [5.74, 6) is 0.570. The first-order chi connectivity index (χ1) is 13.6. The summed E-state index contributed by atoms with van der Waals surface area (Å²) >= 11 is 5.92. The lowest BCUT2D eigenvalue weighted by Gasteiger charge is -2.42. The average Bonchev–Trinajstić information content (AvgIpc) is 3.01. The van der Waals surface area contributed by atoms with Gasteiger partial charge in [-0.2, -0.15) is 0 Å². The van der Waals surface area contributed by atoms with Crippen molar-refractivity contribution in [1.82, 2.24) is 9.91 Å². The topological polar surface area (TPSA) is 36.0 Å². The van der Waals surface area contributed by atoms with Gasteiger partial charge in [-0.25, -0.2) is 5.01 Å². The number of hydrogen-bond acceptors (Lipinski definition) is 4. The highest BCUT2D eigenvalue weighted by Gasteiger charge is 2.36. The number of rotatable bonds is 6. The molecule has 0 N–H and O–H groups in total. The second kappa shape index (κ2) is 8.11. The number of benzene rings is 2. The summed E-state index contributed by atoms with van der Waals surface area (Å²) in [5.41, 5.74) is 4.71. The zero-order valence-corrected chi connectivity index (χ0v) is 17.2. The summed E-state index contributed by atoms with van der Waals surface area (Å²) in [6.45, 7) is 7.17. The summed E-state index contributed by atoms with van der Waals surface area (Å²) in [7, 11) is 1.74. The van der Waals surface area contributed by atoms with Gasteiger partial charge in [-0.15, -0.1) is 0 Å². The number of halogens is 1. The number of anilines is 1. The van der Waals surface area contributed by atoms with Crippen LogP contribution in [0.1, 0.15) is 21.5 Å². The predicted molar refractivity (Wildman–Crippen MR) is 112 cm³/mol. The molecule has 4 rings (SSSR count). The van der Waals surface area contributed by atoms with E-state index in [0.717, 1.165) is 32.7 Å². The molecule has 2 aromatic carbocycles. The van der Waals surface area contributed by atoms with E-state index in [1.807, 2.05) is 4.90 Å². The van der Waals surface area contributed by atoms with Crippen molar-refractivity contribution in [3.8, 4) is 0 Å². The molecule has 0 radical (unpaired) electrons. The molecule has 0 unspecified atom stereocenters. The van der Waals surface area contributed by atoms with Gasteiger partial charge in [-0.1, -0.05) is 23.7 Å². The van der Waals surface area contributed by atoms with Crippen LogP contribution in [0.5, 0.6) is 0 Å². The van der Waals surface area contributed by atoms with Crippen LogP contribution in [0.15, 0.2) is 42.5 Å². The molecular formula is C22H26ClN3O2. The Morgan fingerprint density at radius 3 is 2.64 bits per heavy atom. The summed E-state index contributed by atoms with van der Waals surface area (Å²) in [4.78, 5) is 14.5. The summed E-state index contributed by atoms with van der Waals surface area (Å²) in [6.07, 6.45) is 0. The van der Waals surface area contributed by atoms with Crippen LogP contribution in [0.3, 0.4) is 0 Å². The number of fused-ring (bicyclic) bond motifs is 1. The number of methoxy groups -OCH3 is 1. The first-order valence-electron chi connectivity index (χ1n) is 9.71. The first kappa shape index (κ1) is 19.2. The molecule has 0 aromatic heterocycles. The van der Waals surface area contributed by atoms with Crippen molar-refractivity contribution < 1.29 is 9.53 Å². The summed E-state index contributed by atoms with van der Waals surface area (Å²) in [5, 5.41) is 5.40. The Bertz CT molecular complexity index is 849. The van der Waals surface area contributed by atoms with E-state index in [1.54, 1.807) is 31.4 Å². The van der Waals surface area contributed by atoms with Gasteiger partial charge in [0.05, 0.1) is 18.8 Å². The molecule has 1 saturated heterocycles. The molecule has 2 aliphatic rings. The Hall–Kier alpha value is -2.08. The minimum absolute atomic E-state index is 0.0877. The van der Waals surface area contributed by atoms with Crippen LogP contribution in [-0.2, 0) is 11.3 Å². The summed E-state index contributed by atoms with van der Waals surface area (Å²) in [6, 6.07) is 13.6. The van der Waals surface area contributed by atoms with Crippen molar-refractivity contribution in [1.29, 1.82) is 0 Å². The highest BCUT2D eigenvalue weighted by molar-refractivity contribution is 6.30. The Morgan fingerprint density at radius 2 is 1.93 bits per heavy atom. The zero-order chi connectivity index (χ0) is 19.7. The maximum absolute atomic E-state index is 12.6. The Balaban J connectivity index is 1.38. The number of nitrogens with zero attached hydrogens (tertiary/aromatic N) is 3. The van der Waals surface area contributed by atoms with Gasteiger partial charge in [0.2, 0.25) is 0 Å². The molecule has 0 spiro atoms. The third kappa shape index (κ3) is 3.75. The van der Waals surface area contributed by atoms with E-state index in [1.165, 1.54) is 16.8 Å². The zero-order valence-electron chi connectivity index (χ0n) is 16.4. The van der Waals surface area contributed by atoms with Crippen LogP contribution in [0.2, 0.25) is 5.02 Å². The number of carbonyl (C=O) groups excluding carboxylic acids is 1. The van der Waals surface area contributed by atoms with Gasteiger partial charge in [-0.3, -0.25) is 4.79 Å². The van der Waals surface area contributed by atoms with Gasteiger partial charge in [0, 0.05) is 49.8 Å². The summed E-state index contributed by atoms with van der Waals surface area (Å²) < 4.78 is 5.32. The Morgan fingerprint density at radius 1 is 1.18 bits per heavy atom. The van der Waals surface area contributed by atoms with Gasteiger partial charge in [0.15, 0.2) is 0 Å². The lowest BCUT2D eigenvalue weighted by Crippen LogP contribution is -2.55. The molecule has 2 aliphatic heterocycles. The van der Waals surface area contributed by atoms with Crippen molar-refractivity contribution in [3.63, 3.8) is 0 Å². The number of hydrazine groups is 1. The van der Waals surface area contributed by atoms with Crippen LogP contribution in [0, 0.1) is 12.8 Å². The molecule has 6 heteroatoms. The second-order valence-electron chi connectivity index (χ2n) is 7.62. The molecule has 148 valence electrons. The van der Waals surface area contributed by atoms with E-state index >= 15 is 0 Å². The van der Waals surface area contributed by atoms with Crippen molar-refractivity contribution in [2.75, 3.05) is 44.9 Å². The molecule has 0 atom stereocenters. The molecule has 0 bridgehead atoms. The van der Waals surface area contributed by atoms with E-state index in [0.29, 0.717) is 23.1 Å². The van der Waals surface area contributed by atoms with Gasteiger partial charge in [0.1, 0.15) is 0 Å². The van der Waals surface area contributed by atoms with Gasteiger partial charge < -0.3 is 14.6 Å². The molecule has 1 amide bonds. The quantitative estimate of drug-likeness (QED) is 0.743. The van der Waals surface area contributed by atoms with E-state index < -0.39 is 0 Å². The van der Waals surface area contributed by atoms with E-state index in [9.17, 15) is 4.79 Å². The fourth-order valence-electron chi connectivity index (χ4n) is 4.08. The average molecular weight is 400 g/mol. The van der Waals surface area contributed by atoms with E-state index in [2.05, 4.69) is 35.1 Å². The van der Waals surface area contributed by atoms with Crippen LogP contribution < -0.4 is 5.01 Å². The highest BCUT2D eigenvalue weighted by Crippen LogP contribution is 2.34. The number of likely N-dealkylation sites (tertiary alicyclic amines) is 1. The lowest BCUT2D eigenvalue weighted by molar-refractivity contribution is 0.0396. The van der Waals surface area contributed by atoms with Crippen molar-refractivity contribution in [2.24, 2.45) is 5.92 Å². The molecule has 0 saturated carbocycles. The Labute approximate surface area is 171 Å². The standard InChI is InChI=1S/C22H26ClN3O2/c1-16-4-3-5-21-20(16)15-25(26(21)10-11-28-2)14-17-12-24(13-17)22(27)18-6-8-19(23)9-7-18/h3-9,17H,10-15H2,1-2H3. The minimum Gasteiger partial charge on any atom is -0.383 e. The maximum atomic E-state index is 12.6. The molecule has 2 aromatic rings. The van der Waals surface area contributed by atoms with Gasteiger partial charge in [0.25, 0.3) is 5.91 Å². The van der Waals surface area contributed by atoms with Crippen molar-refractivity contribution >= 4 is 23.2 Å². The Kier molecular flexibility index (Phi) is 5.58. The highest BCUT2D eigenvalue weighted by atomic mass is 35.5. The van der Waals surface area contributed by atoms with Crippen LogP contribution >= 0.6 is 11.6 Å². The lowest BCUT2D eigenvalue weighted by atomic mass is 9.98. The monoisotopic (exact) mass is 399 g/mol. The molecule has 5 nitrogen and oxygen atoms in total. The van der Waals surface area contributed by atoms with Gasteiger partial charge in [-0.05, 0) is 48.4 Å². The van der Waals surface area contributed by atoms with E-state index in [4.69, 9.17) is 16.3 Å². The van der Waals surface area contributed by atoms with Crippen molar-refractivity contribution in [3.05, 3.63) is 64.2 Å².